The van der Waals surface area contributed by atoms with E-state index in [2.05, 4.69) is 16.5 Å². The smallest absolute Gasteiger partial charge is 0.341 e. The Morgan fingerprint density at radius 3 is 2.63 bits per heavy atom. The van der Waals surface area contributed by atoms with Crippen LogP contribution in [0, 0.1) is 0 Å². The van der Waals surface area contributed by atoms with E-state index >= 15 is 0 Å². The van der Waals surface area contributed by atoms with E-state index in [1.807, 2.05) is 42.6 Å². The molecular weight excluding hydrogens is 238 g/mol. The fourth-order valence-electron chi connectivity index (χ4n) is 2.75. The normalized spacial score (nSPS) is 13.6. The van der Waals surface area contributed by atoms with E-state index in [0.717, 1.165) is 22.3 Å². The van der Waals surface area contributed by atoms with Crippen LogP contribution in [0.3, 0.4) is 0 Å². The van der Waals surface area contributed by atoms with Crippen molar-refractivity contribution in [3.05, 3.63) is 65.9 Å². The molecule has 4 rings (SSSR count). The lowest BCUT2D eigenvalue weighted by Crippen LogP contribution is -1.96. The Morgan fingerprint density at radius 2 is 1.79 bits per heavy atom. The zero-order valence-electron chi connectivity index (χ0n) is 10.2. The van der Waals surface area contributed by atoms with Gasteiger partial charge in [-0.2, -0.15) is 0 Å². The zero-order valence-corrected chi connectivity index (χ0v) is 10.2. The number of pyridine rings is 1. The topological polar surface area (TPSA) is 30.7 Å². The Balaban J connectivity index is 2.14. The molecule has 19 heavy (non-hydrogen) atoms. The molecule has 0 aliphatic carbocycles. The summed E-state index contributed by atoms with van der Waals surface area (Å²) in [5, 5.41) is 0. The molecule has 3 heterocycles. The van der Waals surface area contributed by atoms with Crippen molar-refractivity contribution in [1.82, 2.24) is 4.40 Å². The number of hydrogen-bond acceptors (Lipinski definition) is 2. The van der Waals surface area contributed by atoms with Gasteiger partial charge in [-0.05, 0) is 17.7 Å². The van der Waals surface area contributed by atoms with Crippen LogP contribution in [0.15, 0.2) is 54.7 Å². The second-order valence-electron chi connectivity index (χ2n) is 4.60. The Hall–Kier alpha value is -2.55. The lowest BCUT2D eigenvalue weighted by molar-refractivity contribution is 0.0535. The van der Waals surface area contributed by atoms with Crippen LogP contribution in [0.4, 0.5) is 0 Å². The molecule has 3 nitrogen and oxygen atoms in total. The lowest BCUT2D eigenvalue weighted by atomic mass is 10.1. The molecule has 0 radical (unpaired) electrons. The Labute approximate surface area is 110 Å². The van der Waals surface area contributed by atoms with Gasteiger partial charge in [0, 0.05) is 11.8 Å². The standard InChI is InChI=1S/C16H11NO2/c18-16-14-12(10-19-16)15(11-6-2-1-3-7-11)17-9-5-4-8-13(14)17/h1-9H,10H2. The van der Waals surface area contributed by atoms with Gasteiger partial charge in [-0.25, -0.2) is 4.79 Å². The van der Waals surface area contributed by atoms with Crippen molar-refractivity contribution in [2.24, 2.45) is 0 Å². The molecule has 2 aromatic heterocycles. The zero-order chi connectivity index (χ0) is 12.8. The highest BCUT2D eigenvalue weighted by Gasteiger charge is 2.30. The first-order valence-corrected chi connectivity index (χ1v) is 6.21. The third-order valence-corrected chi connectivity index (χ3v) is 3.54. The third-order valence-electron chi connectivity index (χ3n) is 3.54. The maximum absolute atomic E-state index is 11.9. The van der Waals surface area contributed by atoms with Gasteiger partial charge < -0.3 is 9.14 Å². The molecule has 0 fully saturated rings. The Bertz CT molecular complexity index is 787. The van der Waals surface area contributed by atoms with Crippen LogP contribution in [0.2, 0.25) is 0 Å². The van der Waals surface area contributed by atoms with E-state index in [4.69, 9.17) is 4.74 Å². The predicted molar refractivity (Wildman–Crippen MR) is 72.0 cm³/mol. The van der Waals surface area contributed by atoms with Gasteiger partial charge in [0.05, 0.1) is 16.8 Å². The molecule has 1 aliphatic rings. The van der Waals surface area contributed by atoms with Gasteiger partial charge >= 0.3 is 5.97 Å². The van der Waals surface area contributed by atoms with Gasteiger partial charge in [-0.15, -0.1) is 0 Å². The van der Waals surface area contributed by atoms with Gasteiger partial charge in [-0.3, -0.25) is 0 Å². The number of aromatic nitrogens is 1. The monoisotopic (exact) mass is 249 g/mol. The van der Waals surface area contributed by atoms with Crippen molar-refractivity contribution >= 4 is 11.5 Å². The molecule has 0 atom stereocenters. The number of benzene rings is 1. The second-order valence-corrected chi connectivity index (χ2v) is 4.60. The van der Waals surface area contributed by atoms with E-state index in [1.54, 1.807) is 0 Å². The first-order chi connectivity index (χ1) is 9.36. The van der Waals surface area contributed by atoms with Crippen LogP contribution in [0.25, 0.3) is 16.8 Å². The van der Waals surface area contributed by atoms with Crippen molar-refractivity contribution < 1.29 is 9.53 Å². The van der Waals surface area contributed by atoms with Crippen molar-refractivity contribution in [3.8, 4) is 11.3 Å². The molecule has 92 valence electrons. The van der Waals surface area contributed by atoms with Gasteiger partial charge in [0.1, 0.15) is 6.61 Å². The van der Waals surface area contributed by atoms with Crippen LogP contribution in [0.1, 0.15) is 15.9 Å². The van der Waals surface area contributed by atoms with E-state index in [1.165, 1.54) is 0 Å². The molecule has 0 saturated heterocycles. The van der Waals surface area contributed by atoms with E-state index in [9.17, 15) is 4.79 Å². The fraction of sp³-hybridized carbons (Fsp3) is 0.0625. The van der Waals surface area contributed by atoms with E-state index in [0.29, 0.717) is 12.2 Å². The number of carbonyl (C=O) groups excluding carboxylic acids is 1. The molecule has 3 aromatic rings. The average molecular weight is 249 g/mol. The minimum absolute atomic E-state index is 0.221. The molecule has 0 saturated carbocycles. The summed E-state index contributed by atoms with van der Waals surface area (Å²) in [5.41, 5.74) is 4.76. The molecule has 0 unspecified atom stereocenters. The van der Waals surface area contributed by atoms with Crippen molar-refractivity contribution in [2.75, 3.05) is 0 Å². The van der Waals surface area contributed by atoms with Crippen molar-refractivity contribution in [3.63, 3.8) is 0 Å². The summed E-state index contributed by atoms with van der Waals surface area (Å²) >= 11 is 0. The molecule has 0 amide bonds. The summed E-state index contributed by atoms with van der Waals surface area (Å²) in [6.07, 6.45) is 1.99. The first-order valence-electron chi connectivity index (χ1n) is 6.21. The van der Waals surface area contributed by atoms with Gasteiger partial charge in [0.25, 0.3) is 0 Å². The Kier molecular flexibility index (Phi) is 2.03. The summed E-state index contributed by atoms with van der Waals surface area (Å²) in [4.78, 5) is 11.9. The van der Waals surface area contributed by atoms with Gasteiger partial charge in [-0.1, -0.05) is 36.4 Å². The minimum Gasteiger partial charge on any atom is -0.457 e. The molecule has 3 heteroatoms. The number of cyclic esters (lactones) is 1. The maximum Gasteiger partial charge on any atom is 0.341 e. The molecule has 0 N–H and O–H groups in total. The Morgan fingerprint density at radius 1 is 1.00 bits per heavy atom. The number of carbonyl (C=O) groups is 1. The summed E-state index contributed by atoms with van der Waals surface area (Å²) in [6.45, 7) is 0.361. The number of fused-ring (bicyclic) bond motifs is 3. The molecule has 0 spiro atoms. The minimum atomic E-state index is -0.221. The molecule has 1 aliphatic heterocycles. The summed E-state index contributed by atoms with van der Waals surface area (Å²) in [7, 11) is 0. The number of esters is 1. The fourth-order valence-corrected chi connectivity index (χ4v) is 2.75. The van der Waals surface area contributed by atoms with Crippen LogP contribution in [0.5, 0.6) is 0 Å². The highest BCUT2D eigenvalue weighted by Crippen LogP contribution is 2.36. The maximum atomic E-state index is 11.9. The quantitative estimate of drug-likeness (QED) is 0.620. The summed E-state index contributed by atoms with van der Waals surface area (Å²) in [6, 6.07) is 16.0. The van der Waals surface area contributed by atoms with Crippen LogP contribution in [-0.2, 0) is 11.3 Å². The van der Waals surface area contributed by atoms with E-state index in [-0.39, 0.29) is 5.97 Å². The van der Waals surface area contributed by atoms with Crippen LogP contribution in [-0.4, -0.2) is 10.4 Å². The van der Waals surface area contributed by atoms with Crippen LogP contribution >= 0.6 is 0 Å². The number of ether oxygens (including phenoxy) is 1. The lowest BCUT2D eigenvalue weighted by Gasteiger charge is -2.05. The molecule has 0 bridgehead atoms. The SMILES string of the molecule is O=C1OCc2c1c1ccccn1c2-c1ccccc1. The first kappa shape index (κ1) is 10.4. The summed E-state index contributed by atoms with van der Waals surface area (Å²) in [5.74, 6) is -0.221. The average Bonchev–Trinajstić information content (AvgIpc) is 2.98. The van der Waals surface area contributed by atoms with Gasteiger partial charge in [0.2, 0.25) is 0 Å². The molecular formula is C16H11NO2. The number of nitrogens with zero attached hydrogens (tertiary/aromatic N) is 1. The number of rotatable bonds is 1. The van der Waals surface area contributed by atoms with Crippen molar-refractivity contribution in [1.29, 1.82) is 0 Å². The predicted octanol–water partition coefficient (Wildman–Crippen LogP) is 3.28. The summed E-state index contributed by atoms with van der Waals surface area (Å²) < 4.78 is 7.25. The molecule has 1 aromatic carbocycles. The van der Waals surface area contributed by atoms with Gasteiger partial charge in [0.15, 0.2) is 0 Å². The van der Waals surface area contributed by atoms with Crippen molar-refractivity contribution in [2.45, 2.75) is 6.61 Å². The highest BCUT2D eigenvalue weighted by atomic mass is 16.5. The van der Waals surface area contributed by atoms with E-state index < -0.39 is 0 Å². The largest absolute Gasteiger partial charge is 0.457 e. The highest BCUT2D eigenvalue weighted by molar-refractivity contribution is 6.03. The van der Waals surface area contributed by atoms with Crippen LogP contribution < -0.4 is 0 Å². The number of hydrogen-bond donors (Lipinski definition) is 0. The second kappa shape index (κ2) is 3.72. The third kappa shape index (κ3) is 1.35.